The van der Waals surface area contributed by atoms with Gasteiger partial charge in [0.25, 0.3) is 0 Å². The van der Waals surface area contributed by atoms with Crippen LogP contribution in [-0.2, 0) is 57.8 Å². The van der Waals surface area contributed by atoms with Crippen molar-refractivity contribution in [3.05, 3.63) is 130 Å². The van der Waals surface area contributed by atoms with Crippen molar-refractivity contribution < 1.29 is 18.0 Å². The van der Waals surface area contributed by atoms with Crippen LogP contribution in [-0.4, -0.2) is 68.1 Å². The number of carbonyl (C=O) groups is 2. The van der Waals surface area contributed by atoms with Gasteiger partial charge in [-0.15, -0.1) is 10.2 Å². The minimum Gasteiger partial charge on any atom is -0.384 e. The van der Waals surface area contributed by atoms with Crippen LogP contribution in [0.4, 0.5) is 0 Å². The molecule has 2 amide bonds. The Hall–Kier alpha value is -5.74. The van der Waals surface area contributed by atoms with Gasteiger partial charge < -0.3 is 16.4 Å². The number of benzene rings is 3. The second-order valence-electron chi connectivity index (χ2n) is 11.8. The molecule has 6 rings (SSSR count). The topological polar surface area (TPSA) is 216 Å². The molecule has 5 aromatic rings. The van der Waals surface area contributed by atoms with E-state index in [-0.39, 0.29) is 31.0 Å². The molecule has 2 aromatic heterocycles. The number of nitrogens with zero attached hydrogens (tertiary/aromatic N) is 6. The Labute approximate surface area is 282 Å². The average molecular weight is 682 g/mol. The first kappa shape index (κ1) is 33.2. The van der Waals surface area contributed by atoms with Crippen molar-refractivity contribution in [1.82, 2.24) is 45.3 Å². The molecule has 3 aromatic carbocycles. The summed E-state index contributed by atoms with van der Waals surface area (Å²) in [7, 11) is -4.02. The van der Waals surface area contributed by atoms with E-state index in [0.29, 0.717) is 35.6 Å². The molecule has 15 nitrogen and oxygen atoms in total. The minimum absolute atomic E-state index is 0.0133. The number of hydrogen-bond donors (Lipinski definition) is 5. The van der Waals surface area contributed by atoms with Gasteiger partial charge in [0.05, 0.1) is 30.2 Å². The van der Waals surface area contributed by atoms with Gasteiger partial charge in [0.1, 0.15) is 17.9 Å². The number of amides is 2. The molecule has 2 atom stereocenters. The Morgan fingerprint density at radius 3 is 2.14 bits per heavy atom. The van der Waals surface area contributed by atoms with Gasteiger partial charge in [-0.05, 0) is 22.3 Å². The number of carbonyl (C=O) groups excluding carboxylic acids is 2. The highest BCUT2D eigenvalue weighted by atomic mass is 32.2. The van der Waals surface area contributed by atoms with Gasteiger partial charge >= 0.3 is 0 Å². The number of sulfonamides is 1. The normalized spacial score (nSPS) is 16.7. The van der Waals surface area contributed by atoms with Gasteiger partial charge in [-0.2, -0.15) is 0 Å². The van der Waals surface area contributed by atoms with E-state index >= 15 is 0 Å². The van der Waals surface area contributed by atoms with Crippen molar-refractivity contribution in [2.24, 2.45) is 5.73 Å². The molecule has 0 saturated carbocycles. The molecule has 1 aliphatic rings. The lowest BCUT2D eigenvalue weighted by atomic mass is 10.1. The fourth-order valence-corrected chi connectivity index (χ4v) is 6.81. The molecule has 0 unspecified atom stereocenters. The van der Waals surface area contributed by atoms with Gasteiger partial charge in [0.15, 0.2) is 0 Å². The largest absolute Gasteiger partial charge is 0.384 e. The summed E-state index contributed by atoms with van der Waals surface area (Å²) >= 11 is 0. The van der Waals surface area contributed by atoms with E-state index in [1.807, 2.05) is 24.3 Å². The molecular weight excluding hydrogens is 647 g/mol. The fourth-order valence-electron chi connectivity index (χ4n) is 5.47. The van der Waals surface area contributed by atoms with Gasteiger partial charge in [0.2, 0.25) is 21.8 Å². The van der Waals surface area contributed by atoms with Gasteiger partial charge in [-0.1, -0.05) is 89.3 Å². The maximum atomic E-state index is 13.9. The summed E-state index contributed by atoms with van der Waals surface area (Å²) in [5.41, 5.74) is 10.2. The quantitative estimate of drug-likeness (QED) is 0.115. The Bertz CT molecular complexity index is 2060. The third-order valence-electron chi connectivity index (χ3n) is 7.88. The smallest absolute Gasteiger partial charge is 0.243 e. The molecule has 0 aliphatic carbocycles. The zero-order valence-corrected chi connectivity index (χ0v) is 27.2. The summed E-state index contributed by atoms with van der Waals surface area (Å²) in [6, 6.07) is 20.9. The summed E-state index contributed by atoms with van der Waals surface area (Å²) < 4.78 is 32.5. The fraction of sp³-hybridized carbons (Fsp3) is 0.242. The SMILES string of the molecule is N=C(N)c1ccc(CNC(=O)[C@@H]2Cc3cn(nn3)Cc3cccc(c3)Cn3cc(nn3)C[C@@H](NS(=O)(=O)Cc3ccccc3)C(=O)N2)cc1. The highest BCUT2D eigenvalue weighted by Gasteiger charge is 2.31. The molecule has 0 fully saturated rings. The molecule has 252 valence electrons. The first-order valence-electron chi connectivity index (χ1n) is 15.5. The van der Waals surface area contributed by atoms with E-state index < -0.39 is 33.9 Å². The van der Waals surface area contributed by atoms with Crippen LogP contribution in [0.25, 0.3) is 0 Å². The van der Waals surface area contributed by atoms with Crippen LogP contribution in [0.1, 0.15) is 39.2 Å². The van der Waals surface area contributed by atoms with Crippen LogP contribution < -0.4 is 21.1 Å². The number of rotatable bonds is 8. The number of nitrogens with one attached hydrogen (secondary N) is 4. The molecule has 49 heavy (non-hydrogen) atoms. The lowest BCUT2D eigenvalue weighted by Gasteiger charge is -2.22. The molecule has 6 N–H and O–H groups in total. The van der Waals surface area contributed by atoms with E-state index in [0.717, 1.165) is 16.7 Å². The van der Waals surface area contributed by atoms with Gasteiger partial charge in [-0.25, -0.2) is 22.5 Å². The zero-order chi connectivity index (χ0) is 34.4. The van der Waals surface area contributed by atoms with Gasteiger partial charge in [0, 0.05) is 37.3 Å². The first-order chi connectivity index (χ1) is 23.6. The lowest BCUT2D eigenvalue weighted by Crippen LogP contribution is -2.55. The zero-order valence-electron chi connectivity index (χ0n) is 26.4. The third-order valence-corrected chi connectivity index (χ3v) is 9.24. The number of hydrogen-bond acceptors (Lipinski definition) is 9. The molecule has 16 heteroatoms. The number of nitrogen functional groups attached to an aromatic ring is 1. The molecule has 0 spiro atoms. The molecule has 0 radical (unpaired) electrons. The van der Waals surface area contributed by atoms with Crippen LogP contribution in [0.5, 0.6) is 0 Å². The highest BCUT2D eigenvalue weighted by molar-refractivity contribution is 7.88. The number of aromatic nitrogens is 6. The van der Waals surface area contributed by atoms with Crippen molar-refractivity contribution in [2.45, 2.75) is 50.3 Å². The van der Waals surface area contributed by atoms with Gasteiger partial charge in [-0.3, -0.25) is 15.0 Å². The second kappa shape index (κ2) is 14.6. The predicted octanol–water partition coefficient (Wildman–Crippen LogP) is 0.638. The van der Waals surface area contributed by atoms with Crippen LogP contribution in [0.3, 0.4) is 0 Å². The minimum atomic E-state index is -4.02. The Kier molecular flexibility index (Phi) is 9.87. The maximum absolute atomic E-state index is 13.9. The second-order valence-corrected chi connectivity index (χ2v) is 13.6. The molecule has 1 aliphatic heterocycles. The van der Waals surface area contributed by atoms with Crippen molar-refractivity contribution in [1.29, 1.82) is 5.41 Å². The first-order valence-corrected chi connectivity index (χ1v) is 17.1. The molecule has 6 bridgehead atoms. The molecular formula is C33H35N11O4S. The highest BCUT2D eigenvalue weighted by Crippen LogP contribution is 2.13. The maximum Gasteiger partial charge on any atom is 0.243 e. The third kappa shape index (κ3) is 9.00. The van der Waals surface area contributed by atoms with Crippen molar-refractivity contribution in [2.75, 3.05) is 0 Å². The Balaban J connectivity index is 1.29. The summed E-state index contributed by atoms with van der Waals surface area (Å²) in [5, 5.41) is 30.1. The van der Waals surface area contributed by atoms with Crippen LogP contribution in [0.2, 0.25) is 0 Å². The van der Waals surface area contributed by atoms with E-state index in [4.69, 9.17) is 11.1 Å². The van der Waals surface area contributed by atoms with E-state index in [1.54, 1.807) is 76.4 Å². The summed E-state index contributed by atoms with van der Waals surface area (Å²) in [4.78, 5) is 27.6. The average Bonchev–Trinajstić information content (AvgIpc) is 3.71. The van der Waals surface area contributed by atoms with E-state index in [9.17, 15) is 18.0 Å². The Morgan fingerprint density at radius 2 is 1.51 bits per heavy atom. The number of nitrogens with two attached hydrogens (primary N) is 1. The van der Waals surface area contributed by atoms with E-state index in [2.05, 4.69) is 36.0 Å². The monoisotopic (exact) mass is 681 g/mol. The standard InChI is InChI=1S/C33H35N11O4S/c34-31(35)26-11-9-22(10-12-26)16-36-32(45)29-14-27-19-43(41-38-27)17-24-7-4-8-25(13-24)18-44-20-28(39-42-44)15-30(33(46)37-29)40-49(47,48)21-23-5-2-1-3-6-23/h1-13,19-20,29-30,40H,14-18,21H2,(H3,34,35)(H,36,45)(H,37,46)/t29-,30+/m0/s1. The molecule has 0 saturated heterocycles. The summed E-state index contributed by atoms with van der Waals surface area (Å²) in [5.74, 6) is -1.66. The van der Waals surface area contributed by atoms with Crippen molar-refractivity contribution in [3.8, 4) is 0 Å². The van der Waals surface area contributed by atoms with Crippen LogP contribution in [0.15, 0.2) is 91.3 Å². The van der Waals surface area contributed by atoms with Crippen LogP contribution >= 0.6 is 0 Å². The summed E-state index contributed by atoms with van der Waals surface area (Å²) in [6.45, 7) is 0.955. The Morgan fingerprint density at radius 1 is 0.878 bits per heavy atom. The predicted molar refractivity (Wildman–Crippen MR) is 179 cm³/mol. The summed E-state index contributed by atoms with van der Waals surface area (Å²) in [6.07, 6.45) is 3.25. The lowest BCUT2D eigenvalue weighted by molar-refractivity contribution is -0.129. The van der Waals surface area contributed by atoms with E-state index in [1.165, 1.54) is 0 Å². The van der Waals surface area contributed by atoms with Crippen LogP contribution in [0, 0.1) is 5.41 Å². The van der Waals surface area contributed by atoms with Crippen molar-refractivity contribution >= 4 is 27.7 Å². The molecule has 3 heterocycles. The number of fused-ring (bicyclic) bond motifs is 6. The van der Waals surface area contributed by atoms with Crippen molar-refractivity contribution in [3.63, 3.8) is 0 Å². The number of amidine groups is 1.